The van der Waals surface area contributed by atoms with Gasteiger partial charge in [0.05, 0.1) is 32.6 Å². The highest BCUT2D eigenvalue weighted by molar-refractivity contribution is 5.93. The highest BCUT2D eigenvalue weighted by Crippen LogP contribution is 2.33. The lowest BCUT2D eigenvalue weighted by Crippen LogP contribution is -2.46. The molecule has 2 aliphatic heterocycles. The van der Waals surface area contributed by atoms with Crippen molar-refractivity contribution in [2.24, 2.45) is 0 Å². The van der Waals surface area contributed by atoms with Crippen LogP contribution in [0, 0.1) is 6.92 Å². The molecule has 218 valence electrons. The van der Waals surface area contributed by atoms with Crippen LogP contribution in [-0.2, 0) is 22.6 Å². The summed E-state index contributed by atoms with van der Waals surface area (Å²) in [4.78, 5) is 30.6. The van der Waals surface area contributed by atoms with Crippen LogP contribution in [-0.4, -0.2) is 68.6 Å². The number of benzene rings is 2. The number of fused-ring (bicyclic) bond motifs is 1. The number of furan rings is 1. The lowest BCUT2D eigenvalue weighted by molar-refractivity contribution is -0.133. The molecule has 3 heterocycles. The Balaban J connectivity index is 1.36. The molecule has 1 N–H and O–H groups in total. The van der Waals surface area contributed by atoms with Crippen LogP contribution in [0.5, 0.6) is 23.0 Å². The zero-order valence-electron chi connectivity index (χ0n) is 23.5. The van der Waals surface area contributed by atoms with Crippen molar-refractivity contribution in [1.82, 2.24) is 9.80 Å². The van der Waals surface area contributed by atoms with E-state index in [1.54, 1.807) is 30.2 Å². The van der Waals surface area contributed by atoms with Crippen LogP contribution in [0.2, 0.25) is 0 Å². The number of aryl methyl sites for hydroxylation is 1. The number of urea groups is 1. The van der Waals surface area contributed by atoms with Gasteiger partial charge >= 0.3 is 6.03 Å². The first-order valence-electron chi connectivity index (χ1n) is 13.5. The molecule has 11 nitrogen and oxygen atoms in total. The Labute approximate surface area is 238 Å². The molecule has 3 aromatic rings. The largest absolute Gasteiger partial charge is 0.497 e. The highest BCUT2D eigenvalue weighted by atomic mass is 16.7. The summed E-state index contributed by atoms with van der Waals surface area (Å²) < 4.78 is 33.3. The van der Waals surface area contributed by atoms with Gasteiger partial charge in [-0.15, -0.1) is 0 Å². The maximum absolute atomic E-state index is 13.9. The second kappa shape index (κ2) is 12.9. The Morgan fingerprint density at radius 1 is 0.976 bits per heavy atom. The van der Waals surface area contributed by atoms with Crippen LogP contribution in [0.15, 0.2) is 52.9 Å². The number of hydrogen-bond donors (Lipinski definition) is 1. The lowest BCUT2D eigenvalue weighted by Gasteiger charge is -2.29. The maximum atomic E-state index is 13.9. The third-order valence-corrected chi connectivity index (χ3v) is 7.02. The van der Waals surface area contributed by atoms with Crippen LogP contribution in [0.25, 0.3) is 0 Å². The van der Waals surface area contributed by atoms with Crippen molar-refractivity contribution in [2.75, 3.05) is 46.0 Å². The minimum Gasteiger partial charge on any atom is -0.497 e. The molecule has 1 saturated heterocycles. The molecule has 41 heavy (non-hydrogen) atoms. The molecule has 2 aromatic carbocycles. The normalized spacial score (nSPS) is 15.4. The van der Waals surface area contributed by atoms with E-state index in [9.17, 15) is 9.59 Å². The van der Waals surface area contributed by atoms with Gasteiger partial charge in [0.2, 0.25) is 12.7 Å². The van der Waals surface area contributed by atoms with E-state index in [-0.39, 0.29) is 45.0 Å². The van der Waals surface area contributed by atoms with Crippen LogP contribution >= 0.6 is 0 Å². The topological polar surface area (TPSA) is 112 Å². The SMILES string of the molecule is COc1ccc(NC(=O)N(CC(=O)N(Cc2ccc3c(c2)OCO3)Cc2ccc(C)o2)CC2CCCO2)c(OC)c1. The standard InChI is InChI=1S/C30H35N3O8/c1-20-6-8-24(41-20)17-32(15-21-7-11-26-28(13-21)40-19-39-26)29(34)18-33(16-23-5-4-12-38-23)30(35)31-25-10-9-22(36-2)14-27(25)37-3/h6-11,13-14,23H,4-5,12,15-19H2,1-3H3,(H,31,35). The quantitative estimate of drug-likeness (QED) is 0.360. The van der Waals surface area contributed by atoms with Crippen molar-refractivity contribution in [3.63, 3.8) is 0 Å². The number of nitrogens with zero attached hydrogens (tertiary/aromatic N) is 2. The van der Waals surface area contributed by atoms with Gasteiger partial charge in [-0.05, 0) is 61.7 Å². The van der Waals surface area contributed by atoms with E-state index in [0.29, 0.717) is 41.1 Å². The number of carbonyl (C=O) groups is 2. The number of hydrogen-bond acceptors (Lipinski definition) is 8. The van der Waals surface area contributed by atoms with Crippen molar-refractivity contribution in [1.29, 1.82) is 0 Å². The molecule has 3 amide bonds. The van der Waals surface area contributed by atoms with Gasteiger partial charge in [-0.2, -0.15) is 0 Å². The second-order valence-corrected chi connectivity index (χ2v) is 9.96. The minimum absolute atomic E-state index is 0.152. The van der Waals surface area contributed by atoms with Crippen molar-refractivity contribution in [3.8, 4) is 23.0 Å². The van der Waals surface area contributed by atoms with Crippen molar-refractivity contribution in [2.45, 2.75) is 39.0 Å². The summed E-state index contributed by atoms with van der Waals surface area (Å²) in [7, 11) is 3.07. The molecule has 5 rings (SSSR count). The second-order valence-electron chi connectivity index (χ2n) is 9.96. The fraction of sp³-hybridized carbons (Fsp3) is 0.400. The molecule has 0 saturated carbocycles. The summed E-state index contributed by atoms with van der Waals surface area (Å²) >= 11 is 0. The molecule has 1 unspecified atom stereocenters. The monoisotopic (exact) mass is 565 g/mol. The number of carbonyl (C=O) groups excluding carboxylic acids is 2. The predicted octanol–water partition coefficient (Wildman–Crippen LogP) is 4.58. The average Bonchev–Trinajstić information content (AvgIpc) is 3.75. The van der Waals surface area contributed by atoms with E-state index < -0.39 is 6.03 Å². The smallest absolute Gasteiger partial charge is 0.322 e. The zero-order valence-corrected chi connectivity index (χ0v) is 23.5. The molecule has 1 fully saturated rings. The minimum atomic E-state index is -0.436. The third kappa shape index (κ3) is 7.04. The molecular weight excluding hydrogens is 530 g/mol. The van der Waals surface area contributed by atoms with Gasteiger partial charge in [0.1, 0.15) is 29.6 Å². The highest BCUT2D eigenvalue weighted by Gasteiger charge is 2.28. The zero-order chi connectivity index (χ0) is 28.8. The average molecular weight is 566 g/mol. The number of rotatable bonds is 11. The van der Waals surface area contributed by atoms with E-state index in [2.05, 4.69) is 5.32 Å². The first-order valence-corrected chi connectivity index (χ1v) is 13.5. The Morgan fingerprint density at radius 2 is 1.83 bits per heavy atom. The summed E-state index contributed by atoms with van der Waals surface area (Å²) in [5.74, 6) is 3.50. The number of ether oxygens (including phenoxy) is 5. The van der Waals surface area contributed by atoms with Gasteiger partial charge < -0.3 is 43.2 Å². The summed E-state index contributed by atoms with van der Waals surface area (Å²) in [6.45, 7) is 3.30. The Morgan fingerprint density at radius 3 is 2.56 bits per heavy atom. The third-order valence-electron chi connectivity index (χ3n) is 7.02. The fourth-order valence-corrected chi connectivity index (χ4v) is 4.86. The first-order chi connectivity index (χ1) is 19.9. The van der Waals surface area contributed by atoms with Gasteiger partial charge in [-0.25, -0.2) is 4.79 Å². The number of amides is 3. The van der Waals surface area contributed by atoms with Crippen LogP contribution in [0.4, 0.5) is 10.5 Å². The van der Waals surface area contributed by atoms with Gasteiger partial charge in [-0.3, -0.25) is 4.79 Å². The predicted molar refractivity (Wildman–Crippen MR) is 149 cm³/mol. The molecule has 0 aliphatic carbocycles. The fourth-order valence-electron chi connectivity index (χ4n) is 4.86. The van der Waals surface area contributed by atoms with Crippen molar-refractivity contribution >= 4 is 17.6 Å². The molecule has 1 atom stereocenters. The molecule has 2 aliphatic rings. The van der Waals surface area contributed by atoms with Crippen molar-refractivity contribution < 1.29 is 37.7 Å². The Kier molecular flexibility index (Phi) is 8.83. The first kappa shape index (κ1) is 28.2. The number of methoxy groups -OCH3 is 2. The molecule has 0 bridgehead atoms. The lowest BCUT2D eigenvalue weighted by atomic mass is 10.1. The van der Waals surface area contributed by atoms with Crippen LogP contribution in [0.1, 0.15) is 29.9 Å². The molecular formula is C30H35N3O8. The molecule has 1 aromatic heterocycles. The summed E-state index contributed by atoms with van der Waals surface area (Å²) in [5, 5.41) is 2.89. The number of anilines is 1. The van der Waals surface area contributed by atoms with Crippen molar-refractivity contribution in [3.05, 3.63) is 65.6 Å². The van der Waals surface area contributed by atoms with E-state index >= 15 is 0 Å². The Hall–Kier alpha value is -4.38. The maximum Gasteiger partial charge on any atom is 0.322 e. The van der Waals surface area contributed by atoms with Gasteiger partial charge in [0, 0.05) is 25.8 Å². The van der Waals surface area contributed by atoms with E-state index in [4.69, 9.17) is 28.1 Å². The van der Waals surface area contributed by atoms with Gasteiger partial charge in [0.15, 0.2) is 11.5 Å². The van der Waals surface area contributed by atoms with E-state index in [0.717, 1.165) is 24.2 Å². The summed E-state index contributed by atoms with van der Waals surface area (Å²) in [5.41, 5.74) is 1.33. The molecule has 0 radical (unpaired) electrons. The van der Waals surface area contributed by atoms with Crippen LogP contribution in [0.3, 0.4) is 0 Å². The van der Waals surface area contributed by atoms with E-state index in [1.807, 2.05) is 37.3 Å². The molecule has 0 spiro atoms. The van der Waals surface area contributed by atoms with Gasteiger partial charge in [0.25, 0.3) is 0 Å². The van der Waals surface area contributed by atoms with E-state index in [1.165, 1.54) is 12.0 Å². The van der Waals surface area contributed by atoms with Gasteiger partial charge in [-0.1, -0.05) is 6.07 Å². The van der Waals surface area contributed by atoms with Crippen LogP contribution < -0.4 is 24.3 Å². The Bertz CT molecular complexity index is 1370. The number of nitrogens with one attached hydrogen (secondary N) is 1. The summed E-state index contributed by atoms with van der Waals surface area (Å²) in [6, 6.07) is 14.0. The summed E-state index contributed by atoms with van der Waals surface area (Å²) in [6.07, 6.45) is 1.58. The molecule has 11 heteroatoms.